The predicted octanol–water partition coefficient (Wildman–Crippen LogP) is 2.36. The third kappa shape index (κ3) is 5.85. The van der Waals surface area contributed by atoms with E-state index in [-0.39, 0.29) is 24.4 Å². The number of benzene rings is 2. The van der Waals surface area contributed by atoms with Gasteiger partial charge in [-0.15, -0.1) is 0 Å². The van der Waals surface area contributed by atoms with Gasteiger partial charge in [-0.2, -0.15) is 0 Å². The average molecular weight is 368 g/mol. The Kier molecular flexibility index (Phi) is 6.93. The van der Waals surface area contributed by atoms with Crippen molar-refractivity contribution < 1.29 is 14.4 Å². The standard InChI is InChI=1S/C20H24N4O3/c1-3-13(2)23-20(27)14-7-6-8-15(11-14)24-18(25)12-22-17-10-5-4-9-16(17)19(21)26/h4-11,13,22H,3,12H2,1-2H3,(H2,21,26)(H,23,27)(H,24,25). The molecule has 1 atom stereocenters. The van der Waals surface area contributed by atoms with Crippen LogP contribution in [0, 0.1) is 0 Å². The molecule has 27 heavy (non-hydrogen) atoms. The fourth-order valence-electron chi connectivity index (χ4n) is 2.38. The lowest BCUT2D eigenvalue weighted by molar-refractivity contribution is -0.114. The number of amides is 3. The van der Waals surface area contributed by atoms with Crippen LogP contribution in [0.15, 0.2) is 48.5 Å². The Labute approximate surface area is 158 Å². The van der Waals surface area contributed by atoms with Crippen LogP contribution in [0.3, 0.4) is 0 Å². The first-order valence-corrected chi connectivity index (χ1v) is 8.74. The van der Waals surface area contributed by atoms with Crippen LogP contribution >= 0.6 is 0 Å². The van der Waals surface area contributed by atoms with Crippen LogP contribution in [0.4, 0.5) is 11.4 Å². The van der Waals surface area contributed by atoms with Crippen molar-refractivity contribution in [2.24, 2.45) is 5.73 Å². The molecule has 0 aromatic heterocycles. The van der Waals surface area contributed by atoms with Crippen LogP contribution in [0.2, 0.25) is 0 Å². The zero-order chi connectivity index (χ0) is 19.8. The molecule has 0 saturated heterocycles. The van der Waals surface area contributed by atoms with Crippen molar-refractivity contribution in [2.75, 3.05) is 17.2 Å². The van der Waals surface area contributed by atoms with E-state index in [0.717, 1.165) is 6.42 Å². The van der Waals surface area contributed by atoms with Gasteiger partial charge in [-0.05, 0) is 43.7 Å². The van der Waals surface area contributed by atoms with E-state index in [1.165, 1.54) is 0 Å². The molecular weight excluding hydrogens is 344 g/mol. The maximum Gasteiger partial charge on any atom is 0.251 e. The first kappa shape index (κ1) is 20.0. The molecule has 0 spiro atoms. The molecule has 142 valence electrons. The zero-order valence-corrected chi connectivity index (χ0v) is 15.4. The summed E-state index contributed by atoms with van der Waals surface area (Å²) in [6.07, 6.45) is 0.834. The van der Waals surface area contributed by atoms with Crippen LogP contribution in [0.25, 0.3) is 0 Å². The van der Waals surface area contributed by atoms with E-state index in [1.807, 2.05) is 13.8 Å². The van der Waals surface area contributed by atoms with Crippen molar-refractivity contribution in [2.45, 2.75) is 26.3 Å². The van der Waals surface area contributed by atoms with Gasteiger partial charge in [-0.1, -0.05) is 25.1 Å². The van der Waals surface area contributed by atoms with Gasteiger partial charge in [0.15, 0.2) is 0 Å². The number of primary amides is 1. The number of nitrogens with two attached hydrogens (primary N) is 1. The number of rotatable bonds is 8. The minimum absolute atomic E-state index is 0.0480. The molecule has 0 fully saturated rings. The van der Waals surface area contributed by atoms with E-state index >= 15 is 0 Å². The average Bonchev–Trinajstić information content (AvgIpc) is 2.66. The van der Waals surface area contributed by atoms with Gasteiger partial charge in [-0.3, -0.25) is 14.4 Å². The molecule has 0 aliphatic rings. The van der Waals surface area contributed by atoms with Crippen molar-refractivity contribution in [1.29, 1.82) is 0 Å². The Morgan fingerprint density at radius 2 is 1.81 bits per heavy atom. The van der Waals surface area contributed by atoms with Crippen molar-refractivity contribution >= 4 is 29.1 Å². The molecule has 0 aliphatic carbocycles. The monoisotopic (exact) mass is 368 g/mol. The van der Waals surface area contributed by atoms with E-state index in [9.17, 15) is 14.4 Å². The maximum atomic E-state index is 12.2. The smallest absolute Gasteiger partial charge is 0.251 e. The Bertz CT molecular complexity index is 835. The lowest BCUT2D eigenvalue weighted by atomic mass is 10.1. The second-order valence-corrected chi connectivity index (χ2v) is 6.18. The number of hydrogen-bond donors (Lipinski definition) is 4. The SMILES string of the molecule is CCC(C)NC(=O)c1cccc(NC(=O)CNc2ccccc2C(N)=O)c1. The van der Waals surface area contributed by atoms with Crippen LogP contribution in [0.1, 0.15) is 41.0 Å². The molecule has 3 amide bonds. The maximum absolute atomic E-state index is 12.2. The number of carbonyl (C=O) groups excluding carboxylic acids is 3. The minimum Gasteiger partial charge on any atom is -0.376 e. The summed E-state index contributed by atoms with van der Waals surface area (Å²) >= 11 is 0. The highest BCUT2D eigenvalue weighted by Crippen LogP contribution is 2.14. The van der Waals surface area contributed by atoms with Gasteiger partial charge < -0.3 is 21.7 Å². The molecule has 0 heterocycles. The van der Waals surface area contributed by atoms with E-state index in [2.05, 4.69) is 16.0 Å². The van der Waals surface area contributed by atoms with Crippen LogP contribution in [0.5, 0.6) is 0 Å². The lowest BCUT2D eigenvalue weighted by Gasteiger charge is -2.13. The number of nitrogens with one attached hydrogen (secondary N) is 3. The van der Waals surface area contributed by atoms with Crippen LogP contribution < -0.4 is 21.7 Å². The first-order chi connectivity index (χ1) is 12.9. The van der Waals surface area contributed by atoms with E-state index in [1.54, 1.807) is 48.5 Å². The van der Waals surface area contributed by atoms with Gasteiger partial charge in [0.2, 0.25) is 5.91 Å². The second kappa shape index (κ2) is 9.38. The van der Waals surface area contributed by atoms with Crippen molar-refractivity contribution in [3.63, 3.8) is 0 Å². The minimum atomic E-state index is -0.571. The molecule has 7 nitrogen and oxygen atoms in total. The van der Waals surface area contributed by atoms with Gasteiger partial charge in [0, 0.05) is 23.0 Å². The van der Waals surface area contributed by atoms with Crippen molar-refractivity contribution in [3.05, 3.63) is 59.7 Å². The van der Waals surface area contributed by atoms with E-state index in [4.69, 9.17) is 5.73 Å². The normalized spacial score (nSPS) is 11.3. The Hall–Kier alpha value is -3.35. The molecule has 2 aromatic carbocycles. The van der Waals surface area contributed by atoms with Gasteiger partial charge in [0.25, 0.3) is 11.8 Å². The van der Waals surface area contributed by atoms with Gasteiger partial charge >= 0.3 is 0 Å². The molecule has 0 saturated carbocycles. The fourth-order valence-corrected chi connectivity index (χ4v) is 2.38. The highest BCUT2D eigenvalue weighted by Gasteiger charge is 2.11. The highest BCUT2D eigenvalue weighted by atomic mass is 16.2. The highest BCUT2D eigenvalue weighted by molar-refractivity contribution is 6.00. The summed E-state index contributed by atoms with van der Waals surface area (Å²) in [4.78, 5) is 35.8. The first-order valence-electron chi connectivity index (χ1n) is 8.74. The van der Waals surface area contributed by atoms with E-state index < -0.39 is 5.91 Å². The largest absolute Gasteiger partial charge is 0.376 e. The Balaban J connectivity index is 1.97. The van der Waals surface area contributed by atoms with E-state index in [0.29, 0.717) is 22.5 Å². The van der Waals surface area contributed by atoms with Crippen molar-refractivity contribution in [1.82, 2.24) is 5.32 Å². The summed E-state index contributed by atoms with van der Waals surface area (Å²) in [6.45, 7) is 3.87. The number of hydrogen-bond acceptors (Lipinski definition) is 4. The summed E-state index contributed by atoms with van der Waals surface area (Å²) in [5.74, 6) is -1.07. The van der Waals surface area contributed by atoms with Gasteiger partial charge in [0.1, 0.15) is 0 Å². The molecule has 2 rings (SSSR count). The summed E-state index contributed by atoms with van der Waals surface area (Å²) in [6, 6.07) is 13.5. The van der Waals surface area contributed by atoms with Crippen LogP contribution in [-0.2, 0) is 4.79 Å². The predicted molar refractivity (Wildman–Crippen MR) is 106 cm³/mol. The summed E-state index contributed by atoms with van der Waals surface area (Å²) < 4.78 is 0. The third-order valence-electron chi connectivity index (χ3n) is 4.03. The topological polar surface area (TPSA) is 113 Å². The number of anilines is 2. The molecule has 5 N–H and O–H groups in total. The number of para-hydroxylation sites is 1. The molecule has 0 bridgehead atoms. The second-order valence-electron chi connectivity index (χ2n) is 6.18. The van der Waals surface area contributed by atoms with Gasteiger partial charge in [0.05, 0.1) is 12.1 Å². The Morgan fingerprint density at radius 3 is 2.52 bits per heavy atom. The number of carbonyl (C=O) groups is 3. The summed E-state index contributed by atoms with van der Waals surface area (Å²) in [7, 11) is 0. The fraction of sp³-hybridized carbons (Fsp3) is 0.250. The molecular formula is C20H24N4O3. The van der Waals surface area contributed by atoms with Gasteiger partial charge in [-0.25, -0.2) is 0 Å². The van der Waals surface area contributed by atoms with Crippen LogP contribution in [-0.4, -0.2) is 30.3 Å². The zero-order valence-electron chi connectivity index (χ0n) is 15.4. The quantitative estimate of drug-likeness (QED) is 0.573. The molecule has 7 heteroatoms. The summed E-state index contributed by atoms with van der Waals surface area (Å²) in [5, 5.41) is 8.50. The summed E-state index contributed by atoms with van der Waals surface area (Å²) in [5.41, 5.74) is 7.11. The van der Waals surface area contributed by atoms with Crippen molar-refractivity contribution in [3.8, 4) is 0 Å². The lowest BCUT2D eigenvalue weighted by Crippen LogP contribution is -2.32. The molecule has 1 unspecified atom stereocenters. The molecule has 2 aromatic rings. The molecule has 0 radical (unpaired) electrons. The Morgan fingerprint density at radius 1 is 1.07 bits per heavy atom. The molecule has 0 aliphatic heterocycles. The third-order valence-corrected chi connectivity index (χ3v) is 4.03.